The van der Waals surface area contributed by atoms with Crippen molar-refractivity contribution >= 4 is 11.8 Å². The van der Waals surface area contributed by atoms with E-state index in [-0.39, 0.29) is 23.8 Å². The number of nitrogens with one attached hydrogen (secondary N) is 1. The average Bonchev–Trinajstić information content (AvgIpc) is 3.53. The van der Waals surface area contributed by atoms with Gasteiger partial charge in [0.2, 0.25) is 0 Å². The van der Waals surface area contributed by atoms with Crippen molar-refractivity contribution in [1.82, 2.24) is 15.1 Å². The third-order valence-corrected chi connectivity index (χ3v) is 7.61. The molecule has 0 unspecified atom stereocenters. The van der Waals surface area contributed by atoms with E-state index in [0.29, 0.717) is 36.3 Å². The second kappa shape index (κ2) is 12.6. The molecule has 39 heavy (non-hydrogen) atoms. The molecule has 2 aromatic carbocycles. The molecule has 4 rings (SSSR count). The van der Waals surface area contributed by atoms with Crippen LogP contribution in [0.1, 0.15) is 60.7 Å². The minimum Gasteiger partial charge on any atom is -0.472 e. The molecule has 0 radical (unpaired) electrons. The number of nitrogens with zero attached hydrogens (tertiary/aromatic N) is 3. The molecule has 3 atom stereocenters. The summed E-state index contributed by atoms with van der Waals surface area (Å²) >= 11 is 0. The van der Waals surface area contributed by atoms with Crippen molar-refractivity contribution in [2.45, 2.75) is 51.7 Å². The molecule has 3 aromatic rings. The lowest BCUT2D eigenvalue weighted by molar-refractivity contribution is -0.139. The van der Waals surface area contributed by atoms with Gasteiger partial charge >= 0.3 is 0 Å². The number of amides is 2. The Bertz CT molecular complexity index is 1310. The lowest BCUT2D eigenvalue weighted by Crippen LogP contribution is -2.69. The van der Waals surface area contributed by atoms with E-state index in [9.17, 15) is 14.9 Å². The van der Waals surface area contributed by atoms with Crippen LogP contribution in [0.25, 0.3) is 0 Å². The number of furan rings is 1. The maximum absolute atomic E-state index is 14.8. The highest BCUT2D eigenvalue weighted by Gasteiger charge is 2.58. The predicted molar refractivity (Wildman–Crippen MR) is 150 cm³/mol. The van der Waals surface area contributed by atoms with E-state index >= 15 is 0 Å². The van der Waals surface area contributed by atoms with Gasteiger partial charge in [0.1, 0.15) is 6.26 Å². The lowest BCUT2D eigenvalue weighted by Gasteiger charge is -2.54. The molecule has 2 amide bonds. The fourth-order valence-corrected chi connectivity index (χ4v) is 5.76. The van der Waals surface area contributed by atoms with Crippen molar-refractivity contribution in [3.63, 3.8) is 0 Å². The number of rotatable bonds is 10. The summed E-state index contributed by atoms with van der Waals surface area (Å²) in [7, 11) is 0. The summed E-state index contributed by atoms with van der Waals surface area (Å²) in [4.78, 5) is 32.8. The smallest absolute Gasteiger partial charge is 0.262 e. The van der Waals surface area contributed by atoms with Crippen LogP contribution >= 0.6 is 0 Å². The third-order valence-electron chi connectivity index (χ3n) is 7.61. The first-order valence-corrected chi connectivity index (χ1v) is 13.6. The van der Waals surface area contributed by atoms with Crippen LogP contribution in [0.4, 0.5) is 0 Å². The molecule has 7 nitrogen and oxygen atoms in total. The van der Waals surface area contributed by atoms with Gasteiger partial charge in [-0.15, -0.1) is 0 Å². The maximum Gasteiger partial charge on any atom is 0.262 e. The van der Waals surface area contributed by atoms with Gasteiger partial charge in [0, 0.05) is 12.7 Å². The van der Waals surface area contributed by atoms with Gasteiger partial charge in [0.15, 0.2) is 5.54 Å². The van der Waals surface area contributed by atoms with Gasteiger partial charge in [0.25, 0.3) is 11.8 Å². The zero-order valence-electron chi connectivity index (χ0n) is 22.8. The second-order valence-corrected chi connectivity index (χ2v) is 9.77. The summed E-state index contributed by atoms with van der Waals surface area (Å²) in [5, 5.41) is 12.7. The van der Waals surface area contributed by atoms with Gasteiger partial charge in [-0.2, -0.15) is 5.26 Å². The number of likely N-dealkylation sites (N-methyl/N-ethyl adjacent to an activating group) is 1. The quantitative estimate of drug-likeness (QED) is 0.380. The van der Waals surface area contributed by atoms with Crippen LogP contribution in [-0.2, 0) is 16.9 Å². The molecular weight excluding hydrogens is 488 g/mol. The molecular formula is C32H36N4O3. The molecule has 0 fully saturated rings. The van der Waals surface area contributed by atoms with E-state index in [1.54, 1.807) is 29.3 Å². The van der Waals surface area contributed by atoms with Gasteiger partial charge < -0.3 is 9.73 Å². The van der Waals surface area contributed by atoms with E-state index < -0.39 is 5.54 Å². The van der Waals surface area contributed by atoms with E-state index in [0.717, 1.165) is 18.4 Å². The standard InChI is InChI=1S/C32H36N4O3/c1-4-10-26-17-19-36(30(37)27-18-20-39-23-27)32(29(26)35(5-2)6-3,28-15-13-24(21-33)14-16-28)31(38)34-22-25-11-8-7-9-12-25/h7-9,11-20,23,26,29H,4-6,10,22H2,1-3H3,(H,34,38)/t26-,29+,32+/m1/s1. The Morgan fingerprint density at radius 3 is 2.36 bits per heavy atom. The molecule has 1 aliphatic rings. The topological polar surface area (TPSA) is 89.6 Å². The van der Waals surface area contributed by atoms with Gasteiger partial charge in [-0.3, -0.25) is 19.4 Å². The van der Waals surface area contributed by atoms with Gasteiger partial charge in [0.05, 0.1) is 29.5 Å². The molecule has 1 N–H and O–H groups in total. The van der Waals surface area contributed by atoms with E-state index in [1.165, 1.54) is 12.5 Å². The zero-order chi connectivity index (χ0) is 27.8. The molecule has 1 aliphatic heterocycles. The fraction of sp³-hybridized carbons (Fsp3) is 0.344. The minimum absolute atomic E-state index is 0.0152. The third kappa shape index (κ3) is 5.39. The normalized spacial score (nSPS) is 20.5. The Morgan fingerprint density at radius 2 is 1.77 bits per heavy atom. The average molecular weight is 525 g/mol. The van der Waals surface area contributed by atoms with E-state index in [2.05, 4.69) is 43.1 Å². The predicted octanol–water partition coefficient (Wildman–Crippen LogP) is 5.46. The number of nitriles is 1. The Morgan fingerprint density at radius 1 is 1.05 bits per heavy atom. The first-order chi connectivity index (χ1) is 19.0. The summed E-state index contributed by atoms with van der Waals surface area (Å²) < 4.78 is 5.25. The molecule has 0 saturated carbocycles. The van der Waals surface area contributed by atoms with Crippen molar-refractivity contribution in [3.8, 4) is 6.07 Å². The van der Waals surface area contributed by atoms with Crippen molar-refractivity contribution in [2.75, 3.05) is 13.1 Å². The molecule has 202 valence electrons. The highest BCUT2D eigenvalue weighted by molar-refractivity contribution is 6.01. The lowest BCUT2D eigenvalue weighted by atomic mass is 9.70. The summed E-state index contributed by atoms with van der Waals surface area (Å²) in [5.41, 5.74) is 1.07. The second-order valence-electron chi connectivity index (χ2n) is 9.77. The van der Waals surface area contributed by atoms with Crippen molar-refractivity contribution < 1.29 is 14.0 Å². The Balaban J connectivity index is 1.97. The number of carbonyl (C=O) groups is 2. The van der Waals surface area contributed by atoms with Gasteiger partial charge in [-0.1, -0.05) is 75.7 Å². The molecule has 0 saturated heterocycles. The zero-order valence-corrected chi connectivity index (χ0v) is 22.8. The molecule has 0 aliphatic carbocycles. The van der Waals surface area contributed by atoms with E-state index in [4.69, 9.17) is 4.42 Å². The summed E-state index contributed by atoms with van der Waals surface area (Å²) in [6.45, 7) is 8.02. The van der Waals surface area contributed by atoms with Crippen molar-refractivity contribution in [3.05, 3.63) is 108 Å². The SMILES string of the molecule is CCC[C@@H]1C=CN(C(=O)c2ccoc2)[C@@](C(=O)NCc2ccccc2)(c2ccc(C#N)cc2)[C@H]1N(CC)CC. The molecule has 0 spiro atoms. The summed E-state index contributed by atoms with van der Waals surface area (Å²) in [6.07, 6.45) is 8.49. The monoisotopic (exact) mass is 524 g/mol. The molecule has 0 bridgehead atoms. The first kappa shape index (κ1) is 27.9. The summed E-state index contributed by atoms with van der Waals surface area (Å²) in [6, 6.07) is 20.2. The Hall–Kier alpha value is -4.15. The van der Waals surface area contributed by atoms with Gasteiger partial charge in [-0.05, 0) is 54.8 Å². The Kier molecular flexibility index (Phi) is 9.00. The fourth-order valence-electron chi connectivity index (χ4n) is 5.76. The van der Waals surface area contributed by atoms with Crippen molar-refractivity contribution in [1.29, 1.82) is 5.26 Å². The number of hydrogen-bond acceptors (Lipinski definition) is 5. The van der Waals surface area contributed by atoms with Gasteiger partial charge in [-0.25, -0.2) is 0 Å². The summed E-state index contributed by atoms with van der Waals surface area (Å²) in [5.74, 6) is -0.581. The Labute approximate surface area is 230 Å². The minimum atomic E-state index is -1.41. The van der Waals surface area contributed by atoms with E-state index in [1.807, 2.05) is 42.5 Å². The van der Waals surface area contributed by atoms with Crippen LogP contribution in [0, 0.1) is 17.2 Å². The number of benzene rings is 2. The van der Waals surface area contributed by atoms with Crippen LogP contribution in [0.15, 0.2) is 89.9 Å². The molecule has 1 aromatic heterocycles. The highest BCUT2D eigenvalue weighted by Crippen LogP contribution is 2.45. The van der Waals surface area contributed by atoms with Crippen LogP contribution in [0.2, 0.25) is 0 Å². The van der Waals surface area contributed by atoms with Crippen molar-refractivity contribution in [2.24, 2.45) is 5.92 Å². The van der Waals surface area contributed by atoms with Crippen LogP contribution in [-0.4, -0.2) is 40.7 Å². The molecule has 2 heterocycles. The van der Waals surface area contributed by atoms with Crippen LogP contribution in [0.3, 0.4) is 0 Å². The molecule has 7 heteroatoms. The first-order valence-electron chi connectivity index (χ1n) is 13.6. The van der Waals surface area contributed by atoms with Crippen LogP contribution in [0.5, 0.6) is 0 Å². The number of carbonyl (C=O) groups excluding carboxylic acids is 2. The largest absolute Gasteiger partial charge is 0.472 e. The van der Waals surface area contributed by atoms with Crippen LogP contribution < -0.4 is 5.32 Å². The highest BCUT2D eigenvalue weighted by atomic mass is 16.3. The number of hydrogen-bond donors (Lipinski definition) is 1. The maximum atomic E-state index is 14.8.